The van der Waals surface area contributed by atoms with Crippen LogP contribution < -0.4 is 5.32 Å². The van der Waals surface area contributed by atoms with E-state index in [1.165, 1.54) is 0 Å². The lowest BCUT2D eigenvalue weighted by molar-refractivity contribution is 0.102. The van der Waals surface area contributed by atoms with Gasteiger partial charge in [0, 0.05) is 50.8 Å². The Labute approximate surface area is 136 Å². The summed E-state index contributed by atoms with van der Waals surface area (Å²) >= 11 is 0. The molecule has 1 amide bonds. The van der Waals surface area contributed by atoms with E-state index in [0.29, 0.717) is 5.56 Å². The average molecular weight is 310 g/mol. The second-order valence-electron chi connectivity index (χ2n) is 5.93. The fourth-order valence-corrected chi connectivity index (χ4v) is 2.72. The molecule has 1 aliphatic heterocycles. The van der Waals surface area contributed by atoms with Gasteiger partial charge in [0.1, 0.15) is 0 Å². The number of para-hydroxylation sites is 1. The zero-order chi connectivity index (χ0) is 16.1. The number of piperazine rings is 1. The maximum atomic E-state index is 12.3. The minimum atomic E-state index is -0.121. The summed E-state index contributed by atoms with van der Waals surface area (Å²) in [6.07, 6.45) is 3.25. The van der Waals surface area contributed by atoms with Gasteiger partial charge in [-0.15, -0.1) is 0 Å². The Morgan fingerprint density at radius 1 is 1.13 bits per heavy atom. The smallest absolute Gasteiger partial charge is 0.257 e. The van der Waals surface area contributed by atoms with Crippen molar-refractivity contribution in [3.63, 3.8) is 0 Å². The van der Waals surface area contributed by atoms with E-state index >= 15 is 0 Å². The predicted molar refractivity (Wildman–Crippen MR) is 91.4 cm³/mol. The molecule has 1 fully saturated rings. The molecular weight excluding hydrogens is 288 g/mol. The van der Waals surface area contributed by atoms with E-state index < -0.39 is 0 Å². The van der Waals surface area contributed by atoms with Crippen LogP contribution in [0.15, 0.2) is 48.8 Å². The third-order valence-electron chi connectivity index (χ3n) is 4.18. The van der Waals surface area contributed by atoms with Crippen molar-refractivity contribution in [2.24, 2.45) is 0 Å². The highest BCUT2D eigenvalue weighted by Gasteiger charge is 2.16. The Balaban J connectivity index is 1.69. The first-order valence-corrected chi connectivity index (χ1v) is 7.92. The Kier molecular flexibility index (Phi) is 5.00. The van der Waals surface area contributed by atoms with Crippen molar-refractivity contribution in [2.75, 3.05) is 38.5 Å². The maximum absolute atomic E-state index is 12.3. The topological polar surface area (TPSA) is 48.5 Å². The van der Waals surface area contributed by atoms with Crippen molar-refractivity contribution in [1.82, 2.24) is 14.8 Å². The summed E-state index contributed by atoms with van der Waals surface area (Å²) in [7, 11) is 2.15. The van der Waals surface area contributed by atoms with E-state index in [-0.39, 0.29) is 5.91 Å². The molecule has 5 heteroatoms. The molecule has 1 aromatic heterocycles. The van der Waals surface area contributed by atoms with Crippen molar-refractivity contribution in [3.8, 4) is 0 Å². The monoisotopic (exact) mass is 310 g/mol. The van der Waals surface area contributed by atoms with Gasteiger partial charge in [0.05, 0.1) is 5.56 Å². The molecule has 5 nitrogen and oxygen atoms in total. The van der Waals surface area contributed by atoms with E-state index in [0.717, 1.165) is 44.0 Å². The van der Waals surface area contributed by atoms with Crippen molar-refractivity contribution in [2.45, 2.75) is 6.54 Å². The second kappa shape index (κ2) is 7.35. The molecule has 120 valence electrons. The third-order valence-corrected chi connectivity index (χ3v) is 4.18. The molecule has 2 heterocycles. The van der Waals surface area contributed by atoms with E-state index in [1.54, 1.807) is 24.5 Å². The number of carbonyl (C=O) groups is 1. The fourth-order valence-electron chi connectivity index (χ4n) is 2.72. The number of likely N-dealkylation sites (N-methyl/N-ethyl adjacent to an activating group) is 1. The molecule has 3 rings (SSSR count). The van der Waals surface area contributed by atoms with E-state index in [2.05, 4.69) is 33.2 Å². The van der Waals surface area contributed by atoms with Crippen LogP contribution in [0.1, 0.15) is 15.9 Å². The molecular formula is C18H22N4O. The van der Waals surface area contributed by atoms with Gasteiger partial charge in [-0.1, -0.05) is 18.2 Å². The molecule has 0 radical (unpaired) electrons. The Morgan fingerprint density at radius 3 is 2.65 bits per heavy atom. The van der Waals surface area contributed by atoms with Crippen LogP contribution in [0, 0.1) is 0 Å². The van der Waals surface area contributed by atoms with Gasteiger partial charge in [-0.3, -0.25) is 14.7 Å². The molecule has 0 aliphatic carbocycles. The summed E-state index contributed by atoms with van der Waals surface area (Å²) in [5.74, 6) is -0.121. The summed E-state index contributed by atoms with van der Waals surface area (Å²) < 4.78 is 0. The predicted octanol–water partition coefficient (Wildman–Crippen LogP) is 2.08. The molecule has 1 saturated heterocycles. The van der Waals surface area contributed by atoms with Gasteiger partial charge in [0.15, 0.2) is 0 Å². The Bertz CT molecular complexity index is 651. The Morgan fingerprint density at radius 2 is 1.91 bits per heavy atom. The number of nitrogens with one attached hydrogen (secondary N) is 1. The number of pyridine rings is 1. The number of amides is 1. The average Bonchev–Trinajstić information content (AvgIpc) is 2.59. The Hall–Kier alpha value is -2.24. The molecule has 1 aromatic carbocycles. The lowest BCUT2D eigenvalue weighted by Gasteiger charge is -2.32. The van der Waals surface area contributed by atoms with Gasteiger partial charge in [-0.2, -0.15) is 0 Å². The highest BCUT2D eigenvalue weighted by atomic mass is 16.1. The maximum Gasteiger partial charge on any atom is 0.257 e. The van der Waals surface area contributed by atoms with Crippen LogP contribution in [-0.4, -0.2) is 53.9 Å². The number of aromatic nitrogens is 1. The third kappa shape index (κ3) is 4.15. The van der Waals surface area contributed by atoms with Crippen LogP contribution >= 0.6 is 0 Å². The number of hydrogen-bond acceptors (Lipinski definition) is 4. The highest BCUT2D eigenvalue weighted by molar-refractivity contribution is 6.04. The molecule has 0 saturated carbocycles. The molecule has 0 atom stereocenters. The van der Waals surface area contributed by atoms with Gasteiger partial charge < -0.3 is 10.2 Å². The van der Waals surface area contributed by atoms with Gasteiger partial charge in [-0.25, -0.2) is 0 Å². The van der Waals surface area contributed by atoms with Gasteiger partial charge in [0.25, 0.3) is 5.91 Å². The summed E-state index contributed by atoms with van der Waals surface area (Å²) in [5.41, 5.74) is 2.59. The molecule has 1 N–H and O–H groups in total. The first kappa shape index (κ1) is 15.6. The molecule has 23 heavy (non-hydrogen) atoms. The van der Waals surface area contributed by atoms with Crippen LogP contribution in [0.5, 0.6) is 0 Å². The van der Waals surface area contributed by atoms with Crippen LogP contribution in [0.3, 0.4) is 0 Å². The van der Waals surface area contributed by atoms with Gasteiger partial charge in [-0.05, 0) is 30.8 Å². The minimum Gasteiger partial charge on any atom is -0.322 e. The summed E-state index contributed by atoms with van der Waals surface area (Å²) in [6.45, 7) is 5.15. The number of benzene rings is 1. The zero-order valence-electron chi connectivity index (χ0n) is 13.4. The summed E-state index contributed by atoms with van der Waals surface area (Å²) in [4.78, 5) is 21.1. The van der Waals surface area contributed by atoms with Gasteiger partial charge >= 0.3 is 0 Å². The number of carbonyl (C=O) groups excluding carboxylic acids is 1. The van der Waals surface area contributed by atoms with Crippen LogP contribution in [0.25, 0.3) is 0 Å². The first-order valence-electron chi connectivity index (χ1n) is 7.92. The number of anilines is 1. The van der Waals surface area contributed by atoms with Crippen molar-refractivity contribution in [1.29, 1.82) is 0 Å². The second-order valence-corrected chi connectivity index (χ2v) is 5.93. The SMILES string of the molecule is CN1CCN(Cc2ccccc2NC(=O)c2cccnc2)CC1. The summed E-state index contributed by atoms with van der Waals surface area (Å²) in [5, 5.41) is 3.01. The normalized spacial score (nSPS) is 16.2. The number of nitrogens with zero attached hydrogens (tertiary/aromatic N) is 3. The van der Waals surface area contributed by atoms with Crippen LogP contribution in [0.2, 0.25) is 0 Å². The standard InChI is InChI=1S/C18H22N4O/c1-21-9-11-22(12-10-21)14-16-5-2-3-7-17(16)20-18(23)15-6-4-8-19-13-15/h2-8,13H,9-12,14H2,1H3,(H,20,23). The van der Waals surface area contributed by atoms with Crippen LogP contribution in [-0.2, 0) is 6.54 Å². The van der Waals surface area contributed by atoms with Crippen molar-refractivity contribution in [3.05, 3.63) is 59.9 Å². The number of hydrogen-bond donors (Lipinski definition) is 1. The first-order chi connectivity index (χ1) is 11.2. The van der Waals surface area contributed by atoms with E-state index in [9.17, 15) is 4.79 Å². The molecule has 0 bridgehead atoms. The summed E-state index contributed by atoms with van der Waals surface area (Å²) in [6, 6.07) is 11.5. The lowest BCUT2D eigenvalue weighted by atomic mass is 10.1. The largest absolute Gasteiger partial charge is 0.322 e. The quantitative estimate of drug-likeness (QED) is 0.939. The molecule has 1 aliphatic rings. The van der Waals surface area contributed by atoms with Crippen molar-refractivity contribution >= 4 is 11.6 Å². The van der Waals surface area contributed by atoms with Gasteiger partial charge in [0.2, 0.25) is 0 Å². The molecule has 0 unspecified atom stereocenters. The van der Waals surface area contributed by atoms with Crippen LogP contribution in [0.4, 0.5) is 5.69 Å². The number of rotatable bonds is 4. The zero-order valence-corrected chi connectivity index (χ0v) is 13.4. The van der Waals surface area contributed by atoms with Crippen molar-refractivity contribution < 1.29 is 4.79 Å². The van der Waals surface area contributed by atoms with E-state index in [1.807, 2.05) is 18.2 Å². The molecule has 2 aromatic rings. The minimum absolute atomic E-state index is 0.121. The van der Waals surface area contributed by atoms with E-state index in [4.69, 9.17) is 0 Å². The molecule has 0 spiro atoms. The fraction of sp³-hybridized carbons (Fsp3) is 0.333. The highest BCUT2D eigenvalue weighted by Crippen LogP contribution is 2.19. The lowest BCUT2D eigenvalue weighted by Crippen LogP contribution is -2.43.